The van der Waals surface area contributed by atoms with Crippen molar-refractivity contribution in [2.45, 2.75) is 216 Å². The number of allylic oxidation sites excluding steroid dienone is 16. The maximum atomic E-state index is 13.0. The van der Waals surface area contributed by atoms with Gasteiger partial charge in [0.2, 0.25) is 0 Å². The first-order valence-electron chi connectivity index (χ1n) is 26.3. The number of ether oxygens (including phenoxy) is 6. The van der Waals surface area contributed by atoms with Gasteiger partial charge in [-0.15, -0.1) is 0 Å². The normalized spacial score (nSPS) is 26.0. The molecule has 11 unspecified atom stereocenters. The van der Waals surface area contributed by atoms with Crippen molar-refractivity contribution >= 4 is 11.9 Å². The van der Waals surface area contributed by atoms with Crippen LogP contribution >= 0.6 is 0 Å². The molecule has 15 nitrogen and oxygen atoms in total. The third-order valence-electron chi connectivity index (χ3n) is 11.8. The molecular weight excluding hydrogens is 913 g/mol. The zero-order chi connectivity index (χ0) is 51.7. The molecule has 0 aromatic heterocycles. The molecule has 2 rings (SSSR count). The number of aliphatic hydroxyl groups excluding tert-OH is 7. The lowest BCUT2D eigenvalue weighted by Gasteiger charge is -2.42. The molecule has 2 aliphatic rings. The second-order valence-electron chi connectivity index (χ2n) is 18.0. The van der Waals surface area contributed by atoms with Gasteiger partial charge in [-0.1, -0.05) is 150 Å². The summed E-state index contributed by atoms with van der Waals surface area (Å²) in [6.07, 6.45) is 35.8. The van der Waals surface area contributed by atoms with E-state index in [9.17, 15) is 45.3 Å². The van der Waals surface area contributed by atoms with Gasteiger partial charge in [0, 0.05) is 12.8 Å². The minimum atomic E-state index is -1.79. The lowest BCUT2D eigenvalue weighted by Crippen LogP contribution is -2.61. The number of aliphatic hydroxyl groups is 7. The first-order chi connectivity index (χ1) is 34.5. The van der Waals surface area contributed by atoms with Crippen LogP contribution in [0.4, 0.5) is 0 Å². The van der Waals surface area contributed by atoms with E-state index in [1.54, 1.807) is 0 Å². The highest BCUT2D eigenvalue weighted by Crippen LogP contribution is 2.26. The van der Waals surface area contributed by atoms with Gasteiger partial charge in [-0.3, -0.25) is 9.59 Å². The number of esters is 2. The van der Waals surface area contributed by atoms with Crippen LogP contribution in [0.2, 0.25) is 0 Å². The predicted molar refractivity (Wildman–Crippen MR) is 275 cm³/mol. The molecule has 0 aliphatic carbocycles. The van der Waals surface area contributed by atoms with E-state index in [1.165, 1.54) is 25.7 Å². The molecule has 15 heteroatoms. The first-order valence-corrected chi connectivity index (χ1v) is 26.3. The van der Waals surface area contributed by atoms with Crippen LogP contribution in [-0.4, -0.2) is 142 Å². The molecule has 0 amide bonds. The van der Waals surface area contributed by atoms with Crippen molar-refractivity contribution in [3.05, 3.63) is 97.2 Å². The molecule has 404 valence electrons. The van der Waals surface area contributed by atoms with E-state index in [4.69, 9.17) is 28.4 Å². The third-order valence-corrected chi connectivity index (χ3v) is 11.8. The maximum absolute atomic E-state index is 13.0. The quantitative estimate of drug-likeness (QED) is 0.0177. The molecule has 2 fully saturated rings. The van der Waals surface area contributed by atoms with Gasteiger partial charge in [-0.2, -0.15) is 0 Å². The first kappa shape index (κ1) is 63.5. The van der Waals surface area contributed by atoms with Crippen LogP contribution in [0.5, 0.6) is 0 Å². The largest absolute Gasteiger partial charge is 0.462 e. The van der Waals surface area contributed by atoms with Crippen molar-refractivity contribution in [1.82, 2.24) is 0 Å². The Bertz CT molecular complexity index is 1600. The fourth-order valence-electron chi connectivity index (χ4n) is 7.51. The van der Waals surface area contributed by atoms with Crippen molar-refractivity contribution in [3.63, 3.8) is 0 Å². The lowest BCUT2D eigenvalue weighted by atomic mass is 9.98. The van der Waals surface area contributed by atoms with E-state index < -0.39 is 99.3 Å². The van der Waals surface area contributed by atoms with Crippen LogP contribution in [0, 0.1) is 0 Å². The van der Waals surface area contributed by atoms with Gasteiger partial charge < -0.3 is 64.2 Å². The number of unbranched alkanes of at least 4 members (excludes halogenated alkanes) is 9. The fraction of sp³-hybridized carbons (Fsp3) is 0.679. The summed E-state index contributed by atoms with van der Waals surface area (Å²) in [5.74, 6) is -1.05. The molecule has 11 atom stereocenters. The summed E-state index contributed by atoms with van der Waals surface area (Å²) >= 11 is 0. The summed E-state index contributed by atoms with van der Waals surface area (Å²) in [6.45, 7) is 2.34. The number of hydrogen-bond donors (Lipinski definition) is 7. The van der Waals surface area contributed by atoms with Gasteiger partial charge in [0.1, 0.15) is 55.4 Å². The molecule has 0 bridgehead atoms. The van der Waals surface area contributed by atoms with Crippen molar-refractivity contribution in [2.24, 2.45) is 0 Å². The van der Waals surface area contributed by atoms with Crippen LogP contribution in [0.3, 0.4) is 0 Å². The van der Waals surface area contributed by atoms with E-state index >= 15 is 0 Å². The summed E-state index contributed by atoms with van der Waals surface area (Å²) in [6, 6.07) is 0. The molecular formula is C56H90O15. The van der Waals surface area contributed by atoms with E-state index in [-0.39, 0.29) is 19.4 Å². The van der Waals surface area contributed by atoms with Gasteiger partial charge in [0.05, 0.1) is 19.8 Å². The molecule has 0 aromatic carbocycles. The molecule has 0 radical (unpaired) electrons. The standard InChI is InChI=1S/C56H90O15/c1-3-5-7-9-11-13-15-17-19-21-22-23-25-27-29-31-33-35-37-39-48(59)69-44(41-66-47(58)38-36-34-32-30-28-26-24-20-18-16-14-12-10-8-6-4-2)42-67-55-54(65)52(63)50(61)46(71-55)43-68-56-53(64)51(62)49(60)45(40-57)70-56/h5,7,11,13-14,16-17,19-20,22-24,27,29,33,35,44-46,49-57,60-65H,3-4,6,8-10,12,15,18,21,25-26,28,30-32,34,36-43H2,1-2H3/b7-5-,13-11-,16-14-,19-17-,23-22-,24-20-,29-27-,35-33-. The highest BCUT2D eigenvalue weighted by molar-refractivity contribution is 5.70. The maximum Gasteiger partial charge on any atom is 0.306 e. The Morgan fingerprint density at radius 2 is 0.915 bits per heavy atom. The SMILES string of the molecule is CC/C=C\C/C=C\C/C=C\C/C=C\C/C=C\C/C=C\CCC(=O)OC(COC(=O)CCCCCCC/C=C\C/C=C\CCCCCC)COC1OC(COC2OC(CO)C(O)C(O)C2O)C(O)C(O)C1O. The molecule has 2 aliphatic heterocycles. The minimum absolute atomic E-state index is 0.0312. The van der Waals surface area contributed by atoms with Crippen molar-refractivity contribution in [3.8, 4) is 0 Å². The number of carbonyl (C=O) groups is 2. The third kappa shape index (κ3) is 29.6. The lowest BCUT2D eigenvalue weighted by molar-refractivity contribution is -0.332. The average Bonchev–Trinajstić information content (AvgIpc) is 3.36. The smallest absolute Gasteiger partial charge is 0.306 e. The second-order valence-corrected chi connectivity index (χ2v) is 18.0. The van der Waals surface area contributed by atoms with Gasteiger partial charge >= 0.3 is 11.9 Å². The Kier molecular flexibility index (Phi) is 37.4. The number of rotatable bonds is 39. The van der Waals surface area contributed by atoms with Crippen LogP contribution < -0.4 is 0 Å². The second kappa shape index (κ2) is 41.8. The molecule has 2 heterocycles. The Hall–Kier alpha value is -3.58. The minimum Gasteiger partial charge on any atom is -0.462 e. The fourth-order valence-corrected chi connectivity index (χ4v) is 7.51. The summed E-state index contributed by atoms with van der Waals surface area (Å²) in [4.78, 5) is 25.8. The van der Waals surface area contributed by atoms with E-state index in [0.717, 1.165) is 77.0 Å². The molecule has 0 saturated carbocycles. The van der Waals surface area contributed by atoms with Gasteiger partial charge in [-0.25, -0.2) is 0 Å². The molecule has 71 heavy (non-hydrogen) atoms. The molecule has 7 N–H and O–H groups in total. The van der Waals surface area contributed by atoms with Gasteiger partial charge in [-0.05, 0) is 83.5 Å². The van der Waals surface area contributed by atoms with Crippen molar-refractivity contribution < 1.29 is 73.8 Å². The summed E-state index contributed by atoms with van der Waals surface area (Å²) in [7, 11) is 0. The van der Waals surface area contributed by atoms with E-state index in [0.29, 0.717) is 19.3 Å². The van der Waals surface area contributed by atoms with Crippen molar-refractivity contribution in [2.75, 3.05) is 26.4 Å². The summed E-state index contributed by atoms with van der Waals surface area (Å²) < 4.78 is 33.5. The van der Waals surface area contributed by atoms with E-state index in [1.807, 2.05) is 18.2 Å². The molecule has 0 spiro atoms. The Morgan fingerprint density at radius 1 is 0.465 bits per heavy atom. The topological polar surface area (TPSA) is 231 Å². The Labute approximate surface area is 424 Å². The summed E-state index contributed by atoms with van der Waals surface area (Å²) in [5.41, 5.74) is 0. The molecule has 0 aromatic rings. The van der Waals surface area contributed by atoms with E-state index in [2.05, 4.69) is 92.8 Å². The molecule has 2 saturated heterocycles. The zero-order valence-corrected chi connectivity index (χ0v) is 42.7. The van der Waals surface area contributed by atoms with Gasteiger partial charge in [0.15, 0.2) is 18.7 Å². The number of carbonyl (C=O) groups excluding carboxylic acids is 2. The average molecular weight is 1000 g/mol. The Morgan fingerprint density at radius 3 is 1.45 bits per heavy atom. The van der Waals surface area contributed by atoms with Crippen LogP contribution in [-0.2, 0) is 38.0 Å². The zero-order valence-electron chi connectivity index (χ0n) is 42.7. The van der Waals surface area contributed by atoms with Gasteiger partial charge in [0.25, 0.3) is 0 Å². The van der Waals surface area contributed by atoms with Crippen LogP contribution in [0.1, 0.15) is 149 Å². The van der Waals surface area contributed by atoms with Crippen LogP contribution in [0.25, 0.3) is 0 Å². The highest BCUT2D eigenvalue weighted by Gasteiger charge is 2.47. The van der Waals surface area contributed by atoms with Crippen LogP contribution in [0.15, 0.2) is 97.2 Å². The van der Waals surface area contributed by atoms with Crippen molar-refractivity contribution in [1.29, 1.82) is 0 Å². The monoisotopic (exact) mass is 1000 g/mol. The Balaban J connectivity index is 1.85. The predicted octanol–water partition coefficient (Wildman–Crippen LogP) is 7.76. The summed E-state index contributed by atoms with van der Waals surface area (Å²) in [5, 5.41) is 72.1. The highest BCUT2D eigenvalue weighted by atomic mass is 16.7. The number of hydrogen-bond acceptors (Lipinski definition) is 15.